The Morgan fingerprint density at radius 3 is 2.67 bits per heavy atom. The van der Waals surface area contributed by atoms with Crippen molar-refractivity contribution in [2.45, 2.75) is 38.0 Å². The zero-order valence-electron chi connectivity index (χ0n) is 17.6. The Bertz CT molecular complexity index is 1370. The molecule has 0 aliphatic heterocycles. The molecule has 0 atom stereocenters. The molecular weight excluding hydrogens is 424 g/mol. The third-order valence-corrected chi connectivity index (χ3v) is 7.52. The summed E-state index contributed by atoms with van der Waals surface area (Å²) in [6.45, 7) is 16.7. The number of benzene rings is 2. The quantitative estimate of drug-likeness (QED) is 0.250. The van der Waals surface area contributed by atoms with Crippen LogP contribution in [0.4, 0.5) is 0 Å². The van der Waals surface area contributed by atoms with Gasteiger partial charge in [0.25, 0.3) is 0 Å². The molecule has 0 spiro atoms. The third-order valence-electron chi connectivity index (χ3n) is 5.16. The van der Waals surface area contributed by atoms with E-state index in [-0.39, 0.29) is 5.41 Å². The fraction of sp³-hybridized carbons (Fsp3) is 0.200. The van der Waals surface area contributed by atoms with E-state index in [0.29, 0.717) is 0 Å². The smallest absolute Gasteiger partial charge is 0.0931 e. The maximum absolute atomic E-state index is 5.82. The number of thioether (sulfide) groups is 1. The number of nitrogens with zero attached hydrogens (tertiary/aromatic N) is 1. The van der Waals surface area contributed by atoms with Crippen LogP contribution < -0.4 is 0 Å². The number of rotatable bonds is 4. The number of hydrogen-bond acceptors (Lipinski definition) is 4. The number of allylic oxidation sites excluding steroid dienone is 1. The Kier molecular flexibility index (Phi) is 5.47. The average Bonchev–Trinajstić information content (AvgIpc) is 3.07. The predicted molar refractivity (Wildman–Crippen MR) is 137 cm³/mol. The number of fused-ring (bicyclic) bond motifs is 3. The van der Waals surface area contributed by atoms with Gasteiger partial charge >= 0.3 is 0 Å². The van der Waals surface area contributed by atoms with Crippen LogP contribution >= 0.6 is 35.3 Å². The first-order valence-electron chi connectivity index (χ1n) is 9.73. The molecule has 2 nitrogen and oxygen atoms in total. The highest BCUT2D eigenvalue weighted by Crippen LogP contribution is 2.41. The lowest BCUT2D eigenvalue weighted by Crippen LogP contribution is -2.12. The van der Waals surface area contributed by atoms with E-state index in [2.05, 4.69) is 69.2 Å². The molecule has 0 saturated carbocycles. The Morgan fingerprint density at radius 2 is 2.00 bits per heavy atom. The maximum Gasteiger partial charge on any atom is 0.0931 e. The van der Waals surface area contributed by atoms with Gasteiger partial charge in [-0.2, -0.15) is 0 Å². The number of thiophene rings is 1. The van der Waals surface area contributed by atoms with E-state index < -0.39 is 0 Å². The van der Waals surface area contributed by atoms with Crippen LogP contribution in [0.5, 0.6) is 0 Å². The highest BCUT2D eigenvalue weighted by molar-refractivity contribution is 8.02. The number of nitrogens with one attached hydrogen (secondary N) is 1. The zero-order chi connectivity index (χ0) is 21.6. The van der Waals surface area contributed by atoms with E-state index in [1.807, 2.05) is 12.3 Å². The first-order chi connectivity index (χ1) is 14.2. The molecule has 4 rings (SSSR count). The first-order valence-corrected chi connectivity index (χ1v) is 11.8. The number of aromatic nitrogens is 2. The van der Waals surface area contributed by atoms with Crippen molar-refractivity contribution >= 4 is 61.2 Å². The molecule has 2 heterocycles. The van der Waals surface area contributed by atoms with Crippen LogP contribution in [0.1, 0.15) is 38.8 Å². The van der Waals surface area contributed by atoms with Gasteiger partial charge in [0.1, 0.15) is 0 Å². The fourth-order valence-corrected chi connectivity index (χ4v) is 6.21. The van der Waals surface area contributed by atoms with Gasteiger partial charge in [-0.15, -0.1) is 11.3 Å². The van der Waals surface area contributed by atoms with Gasteiger partial charge in [0, 0.05) is 20.5 Å². The molecule has 2 aromatic carbocycles. The van der Waals surface area contributed by atoms with Gasteiger partial charge in [0.15, 0.2) is 0 Å². The summed E-state index contributed by atoms with van der Waals surface area (Å²) in [6, 6.07) is 10.8. The Balaban J connectivity index is 2.01. The molecule has 0 radical (unpaired) electrons. The van der Waals surface area contributed by atoms with E-state index in [4.69, 9.17) is 17.2 Å². The van der Waals surface area contributed by atoms with E-state index in [1.165, 1.54) is 15.2 Å². The predicted octanol–water partition coefficient (Wildman–Crippen LogP) is 8.74. The molecule has 0 unspecified atom stereocenters. The monoisotopic (exact) mass is 448 g/mol. The summed E-state index contributed by atoms with van der Waals surface area (Å²) in [7, 11) is 0. The lowest BCUT2D eigenvalue weighted by atomic mass is 9.85. The van der Waals surface area contributed by atoms with E-state index in [1.54, 1.807) is 29.4 Å². The van der Waals surface area contributed by atoms with Gasteiger partial charge in [0.05, 0.1) is 26.7 Å². The van der Waals surface area contributed by atoms with Crippen molar-refractivity contribution in [3.05, 3.63) is 70.9 Å². The Labute approximate surface area is 190 Å². The second-order valence-electron chi connectivity index (χ2n) is 8.40. The molecule has 30 heavy (non-hydrogen) atoms. The molecular formula is C25H24N2S3. The fourth-order valence-electron chi connectivity index (χ4n) is 3.68. The molecule has 0 bridgehead atoms. The summed E-state index contributed by atoms with van der Waals surface area (Å²) in [5.41, 5.74) is 6.48. The first kappa shape index (κ1) is 21.0. The minimum Gasteiger partial charge on any atom is -0.345 e. The maximum atomic E-state index is 5.82. The SMILES string of the molecule is C=CSc1ccc(-c2nc[nH]c3c2sc2ccc(C(=C)C)c(=S)c23)cc1C(C)(C)C. The molecule has 0 aliphatic rings. The standard InChI is InChI=1S/C25H24N2S3/c1-7-29-18-10-8-15(12-17(18)25(4,5)6)21-24-22(27-13-26-21)20-19(30-24)11-9-16(14(2)3)23(20)28/h7-13H,1-2H2,3-6H3,(H,26,27). The van der Waals surface area contributed by atoms with E-state index in [9.17, 15) is 0 Å². The number of aromatic amines is 1. The number of hydrogen-bond donors (Lipinski definition) is 1. The molecule has 0 amide bonds. The van der Waals surface area contributed by atoms with Gasteiger partial charge < -0.3 is 4.98 Å². The van der Waals surface area contributed by atoms with Gasteiger partial charge in [-0.25, -0.2) is 4.98 Å². The van der Waals surface area contributed by atoms with E-state index >= 15 is 0 Å². The van der Waals surface area contributed by atoms with E-state index in [0.717, 1.165) is 42.5 Å². The minimum atomic E-state index is 0.0196. The van der Waals surface area contributed by atoms with Crippen LogP contribution in [0.15, 0.2) is 60.1 Å². The van der Waals surface area contributed by atoms with Crippen LogP contribution in [0.2, 0.25) is 0 Å². The van der Waals surface area contributed by atoms with Gasteiger partial charge in [-0.05, 0) is 52.6 Å². The van der Waals surface area contributed by atoms with Crippen molar-refractivity contribution in [1.82, 2.24) is 9.97 Å². The largest absolute Gasteiger partial charge is 0.345 e. The lowest BCUT2D eigenvalue weighted by Gasteiger charge is -2.23. The summed E-state index contributed by atoms with van der Waals surface area (Å²) in [6.07, 6.45) is 1.77. The summed E-state index contributed by atoms with van der Waals surface area (Å²) >= 11 is 9.22. The van der Waals surface area contributed by atoms with Gasteiger partial charge in [-0.1, -0.05) is 70.0 Å². The normalized spacial score (nSPS) is 11.9. The van der Waals surface area contributed by atoms with Crippen LogP contribution in [-0.4, -0.2) is 9.97 Å². The summed E-state index contributed by atoms with van der Waals surface area (Å²) in [4.78, 5) is 9.32. The van der Waals surface area contributed by atoms with Crippen LogP contribution in [0, 0.1) is 4.51 Å². The molecule has 1 N–H and O–H groups in total. The summed E-state index contributed by atoms with van der Waals surface area (Å²) < 4.78 is 3.15. The summed E-state index contributed by atoms with van der Waals surface area (Å²) in [5, 5.41) is 2.97. The van der Waals surface area contributed by atoms with Crippen molar-refractivity contribution < 1.29 is 0 Å². The van der Waals surface area contributed by atoms with Gasteiger partial charge in [0.2, 0.25) is 0 Å². The van der Waals surface area contributed by atoms with Crippen molar-refractivity contribution in [1.29, 1.82) is 0 Å². The zero-order valence-corrected chi connectivity index (χ0v) is 20.1. The topological polar surface area (TPSA) is 28.7 Å². The van der Waals surface area contributed by atoms with Crippen LogP contribution in [-0.2, 0) is 5.41 Å². The average molecular weight is 449 g/mol. The van der Waals surface area contributed by atoms with Crippen molar-refractivity contribution in [2.24, 2.45) is 0 Å². The second kappa shape index (κ2) is 7.80. The second-order valence-corrected chi connectivity index (χ2v) is 10.9. The Hall–Kier alpha value is -2.21. The molecule has 152 valence electrons. The van der Waals surface area contributed by atoms with Crippen molar-refractivity contribution in [2.75, 3.05) is 0 Å². The van der Waals surface area contributed by atoms with Crippen LogP contribution in [0.25, 0.3) is 37.1 Å². The molecule has 0 fully saturated rings. The van der Waals surface area contributed by atoms with Gasteiger partial charge in [-0.3, -0.25) is 0 Å². The molecule has 0 aliphatic carbocycles. The third kappa shape index (κ3) is 3.55. The molecule has 2 aromatic heterocycles. The molecule has 4 aromatic rings. The number of H-pyrrole nitrogens is 1. The van der Waals surface area contributed by atoms with Crippen molar-refractivity contribution in [3.63, 3.8) is 0 Å². The van der Waals surface area contributed by atoms with Crippen LogP contribution in [0.3, 0.4) is 0 Å². The highest BCUT2D eigenvalue weighted by atomic mass is 32.2. The Morgan fingerprint density at radius 1 is 1.23 bits per heavy atom. The minimum absolute atomic E-state index is 0.0196. The highest BCUT2D eigenvalue weighted by Gasteiger charge is 2.21. The molecule has 0 saturated heterocycles. The summed E-state index contributed by atoms with van der Waals surface area (Å²) in [5.74, 6) is 0. The lowest BCUT2D eigenvalue weighted by molar-refractivity contribution is 0.578. The van der Waals surface area contributed by atoms with Crippen molar-refractivity contribution in [3.8, 4) is 11.3 Å². The molecule has 5 heteroatoms.